The summed E-state index contributed by atoms with van der Waals surface area (Å²) in [7, 11) is 0. The van der Waals surface area contributed by atoms with Gasteiger partial charge in [0, 0.05) is 19.5 Å². The minimum absolute atomic E-state index is 0.180. The molecule has 1 aliphatic rings. The Kier molecular flexibility index (Phi) is 4.00. The van der Waals surface area contributed by atoms with Crippen molar-refractivity contribution in [2.75, 3.05) is 6.54 Å². The van der Waals surface area contributed by atoms with Crippen LogP contribution in [0.25, 0.3) is 0 Å². The van der Waals surface area contributed by atoms with Gasteiger partial charge in [-0.3, -0.25) is 4.79 Å². The van der Waals surface area contributed by atoms with Gasteiger partial charge in [0.15, 0.2) is 0 Å². The lowest BCUT2D eigenvalue weighted by Crippen LogP contribution is -2.37. The van der Waals surface area contributed by atoms with Crippen molar-refractivity contribution in [2.24, 2.45) is 0 Å². The molecule has 3 rings (SSSR count). The van der Waals surface area contributed by atoms with Crippen LogP contribution in [0.5, 0.6) is 0 Å². The Balaban J connectivity index is 1.64. The molecule has 1 atom stereocenters. The highest BCUT2D eigenvalue weighted by Gasteiger charge is 2.26. The van der Waals surface area contributed by atoms with Gasteiger partial charge in [-0.15, -0.1) is 0 Å². The maximum Gasteiger partial charge on any atom is 0.223 e. The number of hydrogen-bond donors (Lipinski definition) is 0. The number of hydrogen-bond acceptors (Lipinski definition) is 1. The summed E-state index contributed by atoms with van der Waals surface area (Å²) in [5.74, 6) is 0.163. The third kappa shape index (κ3) is 3.30. The van der Waals surface area contributed by atoms with Crippen LogP contribution in [0, 0.1) is 5.82 Å². The first-order chi connectivity index (χ1) is 10.2. The summed E-state index contributed by atoms with van der Waals surface area (Å²) in [6.45, 7) is 1.44. The van der Waals surface area contributed by atoms with E-state index in [1.165, 1.54) is 12.1 Å². The quantitative estimate of drug-likeness (QED) is 0.840. The predicted octanol–water partition coefficient (Wildman–Crippen LogP) is 3.73. The van der Waals surface area contributed by atoms with Gasteiger partial charge in [-0.2, -0.15) is 0 Å². The SMILES string of the molecule is O=C1C[C@H](c2ccc(F)cc2)CCN1Cc1ccccc1. The first kappa shape index (κ1) is 13.8. The molecule has 1 heterocycles. The molecule has 2 aromatic carbocycles. The van der Waals surface area contributed by atoms with Crippen molar-refractivity contribution in [1.82, 2.24) is 4.90 Å². The topological polar surface area (TPSA) is 20.3 Å². The summed E-state index contributed by atoms with van der Waals surface area (Å²) < 4.78 is 13.0. The zero-order valence-corrected chi connectivity index (χ0v) is 11.8. The van der Waals surface area contributed by atoms with E-state index in [0.717, 1.165) is 24.1 Å². The summed E-state index contributed by atoms with van der Waals surface area (Å²) in [6.07, 6.45) is 1.45. The second-order valence-corrected chi connectivity index (χ2v) is 5.54. The molecular formula is C18H18FNO. The highest BCUT2D eigenvalue weighted by atomic mass is 19.1. The van der Waals surface area contributed by atoms with Crippen molar-refractivity contribution < 1.29 is 9.18 Å². The Morgan fingerprint density at radius 2 is 1.76 bits per heavy atom. The number of carbonyl (C=O) groups is 1. The van der Waals surface area contributed by atoms with E-state index in [0.29, 0.717) is 13.0 Å². The third-order valence-electron chi connectivity index (χ3n) is 4.08. The lowest BCUT2D eigenvalue weighted by molar-refractivity contribution is -0.134. The monoisotopic (exact) mass is 283 g/mol. The molecule has 0 spiro atoms. The zero-order valence-electron chi connectivity index (χ0n) is 11.8. The number of carbonyl (C=O) groups excluding carboxylic acids is 1. The number of likely N-dealkylation sites (tertiary alicyclic amines) is 1. The molecule has 0 aliphatic carbocycles. The number of amides is 1. The van der Waals surface area contributed by atoms with Gasteiger partial charge in [-0.25, -0.2) is 4.39 Å². The molecule has 3 heteroatoms. The molecule has 0 radical (unpaired) electrons. The number of halogens is 1. The van der Waals surface area contributed by atoms with Crippen LogP contribution in [0.1, 0.15) is 29.9 Å². The number of benzene rings is 2. The van der Waals surface area contributed by atoms with Crippen molar-refractivity contribution in [3.63, 3.8) is 0 Å². The van der Waals surface area contributed by atoms with Crippen LogP contribution in [-0.2, 0) is 11.3 Å². The highest BCUT2D eigenvalue weighted by Crippen LogP contribution is 2.29. The minimum Gasteiger partial charge on any atom is -0.338 e. The van der Waals surface area contributed by atoms with E-state index in [-0.39, 0.29) is 17.6 Å². The molecule has 0 aromatic heterocycles. The van der Waals surface area contributed by atoms with Gasteiger partial charge < -0.3 is 4.90 Å². The van der Waals surface area contributed by atoms with Gasteiger partial charge in [0.05, 0.1) is 0 Å². The lowest BCUT2D eigenvalue weighted by atomic mass is 9.89. The minimum atomic E-state index is -0.230. The highest BCUT2D eigenvalue weighted by molar-refractivity contribution is 5.78. The Morgan fingerprint density at radius 1 is 1.05 bits per heavy atom. The third-order valence-corrected chi connectivity index (χ3v) is 4.08. The first-order valence-corrected chi connectivity index (χ1v) is 7.29. The molecule has 1 aliphatic heterocycles. The fourth-order valence-electron chi connectivity index (χ4n) is 2.87. The molecule has 2 aromatic rings. The average Bonchev–Trinajstić information content (AvgIpc) is 2.51. The number of nitrogens with zero attached hydrogens (tertiary/aromatic N) is 1. The molecule has 2 nitrogen and oxygen atoms in total. The van der Waals surface area contributed by atoms with Gasteiger partial charge in [-0.05, 0) is 35.6 Å². The molecule has 0 bridgehead atoms. The molecule has 0 saturated carbocycles. The Bertz CT molecular complexity index is 609. The second-order valence-electron chi connectivity index (χ2n) is 5.54. The normalized spacial score (nSPS) is 18.8. The van der Waals surface area contributed by atoms with Crippen LogP contribution in [0.3, 0.4) is 0 Å². The summed E-state index contributed by atoms with van der Waals surface area (Å²) >= 11 is 0. The van der Waals surface area contributed by atoms with Gasteiger partial charge in [0.1, 0.15) is 5.82 Å². The molecular weight excluding hydrogens is 265 g/mol. The zero-order chi connectivity index (χ0) is 14.7. The van der Waals surface area contributed by atoms with Gasteiger partial charge >= 0.3 is 0 Å². The van der Waals surface area contributed by atoms with E-state index in [2.05, 4.69) is 0 Å². The molecule has 1 amide bonds. The Morgan fingerprint density at radius 3 is 2.43 bits per heavy atom. The molecule has 1 fully saturated rings. The van der Waals surface area contributed by atoms with Crippen molar-refractivity contribution >= 4 is 5.91 Å². The van der Waals surface area contributed by atoms with E-state index < -0.39 is 0 Å². The van der Waals surface area contributed by atoms with Gasteiger partial charge in [0.25, 0.3) is 0 Å². The Labute approximate surface area is 124 Å². The van der Waals surface area contributed by atoms with Crippen LogP contribution >= 0.6 is 0 Å². The summed E-state index contributed by atoms with van der Waals surface area (Å²) in [5, 5.41) is 0. The smallest absolute Gasteiger partial charge is 0.223 e. The maximum absolute atomic E-state index is 13.0. The van der Waals surface area contributed by atoms with Crippen molar-refractivity contribution in [3.8, 4) is 0 Å². The fraction of sp³-hybridized carbons (Fsp3) is 0.278. The van der Waals surface area contributed by atoms with Crippen molar-refractivity contribution in [1.29, 1.82) is 0 Å². The van der Waals surface area contributed by atoms with E-state index in [4.69, 9.17) is 0 Å². The molecule has 0 unspecified atom stereocenters. The molecule has 1 saturated heterocycles. The van der Waals surface area contributed by atoms with E-state index in [1.807, 2.05) is 35.2 Å². The lowest BCUT2D eigenvalue weighted by Gasteiger charge is -2.32. The molecule has 21 heavy (non-hydrogen) atoms. The van der Waals surface area contributed by atoms with Crippen LogP contribution in [0.4, 0.5) is 4.39 Å². The average molecular weight is 283 g/mol. The van der Waals surface area contributed by atoms with Crippen LogP contribution in [0.15, 0.2) is 54.6 Å². The first-order valence-electron chi connectivity index (χ1n) is 7.29. The van der Waals surface area contributed by atoms with Gasteiger partial charge in [-0.1, -0.05) is 42.5 Å². The molecule has 0 N–H and O–H groups in total. The largest absolute Gasteiger partial charge is 0.338 e. The number of rotatable bonds is 3. The predicted molar refractivity (Wildman–Crippen MR) is 80.2 cm³/mol. The summed E-state index contributed by atoms with van der Waals surface area (Å²) in [6, 6.07) is 16.6. The number of piperidine rings is 1. The fourth-order valence-corrected chi connectivity index (χ4v) is 2.87. The van der Waals surface area contributed by atoms with Crippen LogP contribution < -0.4 is 0 Å². The van der Waals surface area contributed by atoms with Crippen molar-refractivity contribution in [2.45, 2.75) is 25.3 Å². The Hall–Kier alpha value is -2.16. The summed E-state index contributed by atoms with van der Waals surface area (Å²) in [5.41, 5.74) is 2.22. The van der Waals surface area contributed by atoms with E-state index in [9.17, 15) is 9.18 Å². The van der Waals surface area contributed by atoms with Gasteiger partial charge in [0.2, 0.25) is 5.91 Å². The maximum atomic E-state index is 13.0. The van der Waals surface area contributed by atoms with Crippen LogP contribution in [-0.4, -0.2) is 17.4 Å². The van der Waals surface area contributed by atoms with E-state index >= 15 is 0 Å². The summed E-state index contributed by atoms with van der Waals surface area (Å²) in [4.78, 5) is 14.2. The van der Waals surface area contributed by atoms with Crippen LogP contribution in [0.2, 0.25) is 0 Å². The molecule has 108 valence electrons. The van der Waals surface area contributed by atoms with Crippen molar-refractivity contribution in [3.05, 3.63) is 71.5 Å². The van der Waals surface area contributed by atoms with E-state index in [1.54, 1.807) is 12.1 Å². The second kappa shape index (κ2) is 6.08. The standard InChI is InChI=1S/C18H18FNO/c19-17-8-6-15(7-9-17)16-10-11-20(18(21)12-16)13-14-4-2-1-3-5-14/h1-9,16H,10-13H2/t16-/m1/s1.